The van der Waals surface area contributed by atoms with E-state index in [4.69, 9.17) is 18.9 Å². The van der Waals surface area contributed by atoms with E-state index in [-0.39, 0.29) is 17.8 Å². The normalized spacial score (nSPS) is 19.3. The first kappa shape index (κ1) is 24.7. The highest BCUT2D eigenvalue weighted by atomic mass is 32.2. The van der Waals surface area contributed by atoms with Gasteiger partial charge in [-0.1, -0.05) is 49.0 Å². The van der Waals surface area contributed by atoms with Gasteiger partial charge in [0.15, 0.2) is 16.7 Å². The Morgan fingerprint density at radius 3 is 2.29 bits per heavy atom. The first-order valence-corrected chi connectivity index (χ1v) is 12.1. The van der Waals surface area contributed by atoms with Crippen molar-refractivity contribution < 1.29 is 28.5 Å². The van der Waals surface area contributed by atoms with Gasteiger partial charge < -0.3 is 18.9 Å². The van der Waals surface area contributed by atoms with Gasteiger partial charge in [-0.2, -0.15) is 0 Å². The molecule has 0 bridgehead atoms. The highest BCUT2D eigenvalue weighted by Gasteiger charge is 2.47. The van der Waals surface area contributed by atoms with Crippen molar-refractivity contribution >= 4 is 28.8 Å². The second kappa shape index (κ2) is 10.4. The number of thioether (sulfide) groups is 1. The van der Waals surface area contributed by atoms with Crippen LogP contribution >= 0.6 is 11.8 Å². The van der Waals surface area contributed by atoms with E-state index in [9.17, 15) is 9.59 Å². The number of ether oxygens (including phenoxy) is 4. The first-order chi connectivity index (χ1) is 16.9. The van der Waals surface area contributed by atoms with Gasteiger partial charge in [-0.15, -0.1) is 0 Å². The average Bonchev–Trinajstić information content (AvgIpc) is 3.20. The molecule has 0 radical (unpaired) electrons. The number of esters is 1. The van der Waals surface area contributed by atoms with Crippen LogP contribution in [0.5, 0.6) is 17.2 Å². The monoisotopic (exact) mass is 496 g/mol. The standard InChI is InChI=1S/C26H28N2O6S/c1-6-20-24(29)28-22(17-12-18(31-3)23(33-5)19(13-17)32-4)21(15(2)27-26(28)35-20)25(30)34-14-16-10-8-7-9-11-16/h7-13,20,22H,6,14H2,1-5H3/t20-,22+/m1/s1. The lowest BCUT2D eigenvalue weighted by Gasteiger charge is -2.33. The number of amides is 1. The third-order valence-corrected chi connectivity index (χ3v) is 7.28. The number of hydrogen-bond acceptors (Lipinski definition) is 8. The molecule has 0 N–H and O–H groups in total. The molecule has 0 saturated carbocycles. The van der Waals surface area contributed by atoms with Crippen LogP contribution in [-0.4, -0.2) is 48.5 Å². The predicted octanol–water partition coefficient (Wildman–Crippen LogP) is 4.49. The maximum absolute atomic E-state index is 13.5. The van der Waals surface area contributed by atoms with Crippen LogP contribution in [0.4, 0.5) is 0 Å². The Morgan fingerprint density at radius 2 is 1.71 bits per heavy atom. The molecular weight excluding hydrogens is 468 g/mol. The molecule has 184 valence electrons. The summed E-state index contributed by atoms with van der Waals surface area (Å²) >= 11 is 1.41. The summed E-state index contributed by atoms with van der Waals surface area (Å²) in [6.07, 6.45) is 0.647. The summed E-state index contributed by atoms with van der Waals surface area (Å²) in [7, 11) is 4.57. The molecule has 1 fully saturated rings. The van der Waals surface area contributed by atoms with Gasteiger partial charge in [0, 0.05) is 0 Å². The van der Waals surface area contributed by atoms with Crippen molar-refractivity contribution in [1.82, 2.24) is 4.90 Å². The summed E-state index contributed by atoms with van der Waals surface area (Å²) in [5, 5.41) is 0.295. The Balaban J connectivity index is 1.81. The molecule has 2 atom stereocenters. The Bertz CT molecular complexity index is 1170. The number of carbonyl (C=O) groups is 2. The Kier molecular flexibility index (Phi) is 7.35. The van der Waals surface area contributed by atoms with Crippen LogP contribution in [0.3, 0.4) is 0 Å². The molecule has 8 nitrogen and oxygen atoms in total. The lowest BCUT2D eigenvalue weighted by molar-refractivity contribution is -0.141. The molecule has 2 aromatic carbocycles. The van der Waals surface area contributed by atoms with E-state index in [1.807, 2.05) is 37.3 Å². The minimum atomic E-state index is -0.754. The molecular formula is C26H28N2O6S. The van der Waals surface area contributed by atoms with Crippen LogP contribution in [0.2, 0.25) is 0 Å². The number of amidine groups is 1. The molecule has 0 aromatic heterocycles. The largest absolute Gasteiger partial charge is 0.493 e. The van der Waals surface area contributed by atoms with Crippen LogP contribution in [-0.2, 0) is 20.9 Å². The van der Waals surface area contributed by atoms with Crippen molar-refractivity contribution in [3.05, 3.63) is 64.9 Å². The third-order valence-electron chi connectivity index (χ3n) is 5.96. The molecule has 2 aliphatic heterocycles. The number of benzene rings is 2. The summed E-state index contributed by atoms with van der Waals surface area (Å²) in [6.45, 7) is 3.83. The number of carbonyl (C=O) groups excluding carboxylic acids is 2. The lowest BCUT2D eigenvalue weighted by Crippen LogP contribution is -2.40. The topological polar surface area (TPSA) is 86.7 Å². The maximum atomic E-state index is 13.5. The highest BCUT2D eigenvalue weighted by molar-refractivity contribution is 8.15. The molecule has 4 rings (SSSR count). The Labute approximate surface area is 208 Å². The number of hydrogen-bond donors (Lipinski definition) is 0. The van der Waals surface area contributed by atoms with Crippen molar-refractivity contribution in [1.29, 1.82) is 0 Å². The third kappa shape index (κ3) is 4.60. The zero-order valence-corrected chi connectivity index (χ0v) is 21.2. The predicted molar refractivity (Wildman–Crippen MR) is 134 cm³/mol. The maximum Gasteiger partial charge on any atom is 0.338 e. The Hall–Kier alpha value is -3.46. The molecule has 9 heteroatoms. The molecule has 1 saturated heterocycles. The quantitative estimate of drug-likeness (QED) is 0.498. The van der Waals surface area contributed by atoms with Gasteiger partial charge >= 0.3 is 5.97 Å². The van der Waals surface area contributed by atoms with Gasteiger partial charge in [0.1, 0.15) is 6.61 Å². The SMILES string of the molecule is CC[C@H]1SC2=NC(C)=C(C(=O)OCc3ccccc3)[C@H](c3cc(OC)c(OC)c(OC)c3)N2C1=O. The number of rotatable bonds is 8. The van der Waals surface area contributed by atoms with E-state index in [2.05, 4.69) is 4.99 Å². The van der Waals surface area contributed by atoms with Crippen molar-refractivity contribution in [3.63, 3.8) is 0 Å². The second-order valence-electron chi connectivity index (χ2n) is 8.04. The van der Waals surface area contributed by atoms with E-state index in [1.54, 1.807) is 24.0 Å². The van der Waals surface area contributed by atoms with E-state index < -0.39 is 12.0 Å². The molecule has 0 spiro atoms. The van der Waals surface area contributed by atoms with Gasteiger partial charge in [-0.05, 0) is 36.6 Å². The van der Waals surface area contributed by atoms with Gasteiger partial charge in [0.25, 0.3) is 0 Å². The van der Waals surface area contributed by atoms with E-state index in [0.717, 1.165) is 5.56 Å². The zero-order chi connectivity index (χ0) is 25.1. The summed E-state index contributed by atoms with van der Waals surface area (Å²) in [6, 6.07) is 12.2. The Morgan fingerprint density at radius 1 is 1.06 bits per heavy atom. The molecule has 2 heterocycles. The van der Waals surface area contributed by atoms with Crippen LogP contribution in [0.1, 0.15) is 37.4 Å². The second-order valence-corrected chi connectivity index (χ2v) is 9.21. The molecule has 2 aromatic rings. The van der Waals surface area contributed by atoms with Gasteiger partial charge in [0.05, 0.1) is 43.9 Å². The minimum Gasteiger partial charge on any atom is -0.493 e. The van der Waals surface area contributed by atoms with Gasteiger partial charge in [0.2, 0.25) is 11.7 Å². The molecule has 35 heavy (non-hydrogen) atoms. The number of aliphatic imine (C=N–C) groups is 1. The fourth-order valence-electron chi connectivity index (χ4n) is 4.23. The highest BCUT2D eigenvalue weighted by Crippen LogP contribution is 2.47. The van der Waals surface area contributed by atoms with Gasteiger partial charge in [-0.3, -0.25) is 9.69 Å². The number of nitrogens with zero attached hydrogens (tertiary/aromatic N) is 2. The summed E-state index contributed by atoms with van der Waals surface area (Å²) in [5.41, 5.74) is 2.29. The smallest absolute Gasteiger partial charge is 0.338 e. The van der Waals surface area contributed by atoms with Crippen molar-refractivity contribution in [2.75, 3.05) is 21.3 Å². The molecule has 1 amide bonds. The van der Waals surface area contributed by atoms with Crippen LogP contribution in [0.25, 0.3) is 0 Å². The lowest BCUT2D eigenvalue weighted by atomic mass is 9.93. The van der Waals surface area contributed by atoms with Crippen LogP contribution in [0, 0.1) is 0 Å². The number of fused-ring (bicyclic) bond motifs is 1. The fourth-order valence-corrected chi connectivity index (χ4v) is 5.36. The molecule has 0 aliphatic carbocycles. The van der Waals surface area contributed by atoms with Crippen LogP contribution < -0.4 is 14.2 Å². The van der Waals surface area contributed by atoms with E-state index in [1.165, 1.54) is 33.1 Å². The van der Waals surface area contributed by atoms with Crippen molar-refractivity contribution in [2.24, 2.45) is 4.99 Å². The summed E-state index contributed by atoms with van der Waals surface area (Å²) in [4.78, 5) is 33.1. The average molecular weight is 497 g/mol. The summed E-state index contributed by atoms with van der Waals surface area (Å²) in [5.74, 6) is 0.631. The van der Waals surface area contributed by atoms with E-state index >= 15 is 0 Å². The zero-order valence-electron chi connectivity index (χ0n) is 20.4. The molecule has 2 aliphatic rings. The first-order valence-electron chi connectivity index (χ1n) is 11.2. The summed E-state index contributed by atoms with van der Waals surface area (Å²) < 4.78 is 22.2. The van der Waals surface area contributed by atoms with Crippen LogP contribution in [0.15, 0.2) is 58.7 Å². The fraction of sp³-hybridized carbons (Fsp3) is 0.346. The minimum absolute atomic E-state index is 0.101. The van der Waals surface area contributed by atoms with E-state index in [0.29, 0.717) is 45.7 Å². The van der Waals surface area contributed by atoms with Crippen molar-refractivity contribution in [3.8, 4) is 17.2 Å². The number of allylic oxidation sites excluding steroid dienone is 1. The molecule has 0 unspecified atom stereocenters. The number of methoxy groups -OCH3 is 3. The van der Waals surface area contributed by atoms with Gasteiger partial charge in [-0.25, -0.2) is 9.79 Å². The van der Waals surface area contributed by atoms with Crippen molar-refractivity contribution in [2.45, 2.75) is 38.2 Å².